The number of carbonyl (C=O) groups is 1. The number of hydrogen-bond acceptors (Lipinski definition) is 2. The number of rotatable bonds is 8. The molecule has 0 heterocycles. The third-order valence-electron chi connectivity index (χ3n) is 4.06. The van der Waals surface area contributed by atoms with Crippen LogP contribution in [-0.2, 0) is 17.8 Å². The first kappa shape index (κ1) is 19.1. The molecule has 134 valence electrons. The van der Waals surface area contributed by atoms with Gasteiger partial charge in [0.05, 0.1) is 6.54 Å². The first-order valence-electron chi connectivity index (χ1n) is 8.45. The van der Waals surface area contributed by atoms with Crippen molar-refractivity contribution in [3.8, 4) is 0 Å². The van der Waals surface area contributed by atoms with Crippen LogP contribution in [0.5, 0.6) is 0 Å². The smallest absolute Gasteiger partial charge is 0.234 e. The number of amides is 1. The summed E-state index contributed by atoms with van der Waals surface area (Å²) in [4.78, 5) is 14.2. The van der Waals surface area contributed by atoms with Crippen molar-refractivity contribution in [2.75, 3.05) is 13.1 Å². The van der Waals surface area contributed by atoms with E-state index in [9.17, 15) is 13.6 Å². The van der Waals surface area contributed by atoms with Gasteiger partial charge in [0.2, 0.25) is 5.91 Å². The van der Waals surface area contributed by atoms with Gasteiger partial charge in [-0.05, 0) is 38.0 Å². The molecule has 2 aromatic rings. The van der Waals surface area contributed by atoms with Gasteiger partial charge in [-0.25, -0.2) is 8.78 Å². The number of hydrogen-bond donors (Lipinski definition) is 1. The van der Waals surface area contributed by atoms with Crippen LogP contribution in [0.2, 0.25) is 0 Å². The van der Waals surface area contributed by atoms with E-state index in [1.807, 2.05) is 49.1 Å². The van der Waals surface area contributed by atoms with Crippen molar-refractivity contribution in [1.82, 2.24) is 10.2 Å². The third-order valence-corrected chi connectivity index (χ3v) is 4.06. The fraction of sp³-hybridized carbons (Fsp3) is 0.350. The normalized spacial score (nSPS) is 11.1. The molecule has 0 aliphatic carbocycles. The van der Waals surface area contributed by atoms with Crippen LogP contribution in [0.3, 0.4) is 0 Å². The molecule has 1 N–H and O–H groups in total. The maximum atomic E-state index is 13.6. The summed E-state index contributed by atoms with van der Waals surface area (Å²) in [5, 5.41) is 2.74. The van der Waals surface area contributed by atoms with Gasteiger partial charge in [-0.2, -0.15) is 0 Å². The summed E-state index contributed by atoms with van der Waals surface area (Å²) < 4.78 is 27.1. The second-order valence-electron chi connectivity index (χ2n) is 6.28. The lowest BCUT2D eigenvalue weighted by Gasteiger charge is -2.26. The zero-order chi connectivity index (χ0) is 18.2. The first-order chi connectivity index (χ1) is 12.0. The summed E-state index contributed by atoms with van der Waals surface area (Å²) in [7, 11) is 0. The molecule has 0 fully saturated rings. The quantitative estimate of drug-likeness (QED) is 0.793. The molecular weight excluding hydrogens is 322 g/mol. The van der Waals surface area contributed by atoms with Crippen molar-refractivity contribution >= 4 is 5.91 Å². The SMILES string of the molecule is CC(C)N(CC(=O)NCCc1c(F)cccc1F)Cc1ccccc1. The molecule has 2 rings (SSSR count). The molecule has 0 bridgehead atoms. The Morgan fingerprint density at radius 2 is 1.68 bits per heavy atom. The summed E-state index contributed by atoms with van der Waals surface area (Å²) >= 11 is 0. The number of carbonyl (C=O) groups excluding carboxylic acids is 1. The van der Waals surface area contributed by atoms with Gasteiger partial charge in [0.25, 0.3) is 0 Å². The minimum absolute atomic E-state index is 0.00722. The van der Waals surface area contributed by atoms with Gasteiger partial charge in [-0.15, -0.1) is 0 Å². The van der Waals surface area contributed by atoms with Crippen LogP contribution in [0, 0.1) is 11.6 Å². The summed E-state index contributed by atoms with van der Waals surface area (Å²) in [5.74, 6) is -1.31. The molecule has 0 atom stereocenters. The van der Waals surface area contributed by atoms with E-state index < -0.39 is 11.6 Å². The van der Waals surface area contributed by atoms with E-state index in [2.05, 4.69) is 5.32 Å². The Balaban J connectivity index is 1.85. The van der Waals surface area contributed by atoms with Crippen molar-refractivity contribution in [2.45, 2.75) is 32.9 Å². The Kier molecular flexibility index (Phi) is 7.07. The number of nitrogens with zero attached hydrogens (tertiary/aromatic N) is 1. The van der Waals surface area contributed by atoms with Gasteiger partial charge in [0, 0.05) is 24.7 Å². The minimum Gasteiger partial charge on any atom is -0.355 e. The van der Waals surface area contributed by atoms with Crippen LogP contribution in [0.15, 0.2) is 48.5 Å². The average molecular weight is 346 g/mol. The van der Waals surface area contributed by atoms with E-state index in [1.54, 1.807) is 0 Å². The van der Waals surface area contributed by atoms with E-state index in [0.717, 1.165) is 5.56 Å². The molecule has 0 radical (unpaired) electrons. The molecule has 2 aromatic carbocycles. The first-order valence-corrected chi connectivity index (χ1v) is 8.45. The molecule has 0 saturated heterocycles. The van der Waals surface area contributed by atoms with Gasteiger partial charge >= 0.3 is 0 Å². The van der Waals surface area contributed by atoms with E-state index in [-0.39, 0.29) is 37.0 Å². The molecule has 0 aliphatic rings. The molecule has 0 saturated carbocycles. The zero-order valence-corrected chi connectivity index (χ0v) is 14.6. The molecule has 0 spiro atoms. The van der Waals surface area contributed by atoms with Crippen LogP contribution in [-0.4, -0.2) is 29.9 Å². The fourth-order valence-electron chi connectivity index (χ4n) is 2.58. The lowest BCUT2D eigenvalue weighted by Crippen LogP contribution is -2.41. The van der Waals surface area contributed by atoms with Gasteiger partial charge in [-0.3, -0.25) is 9.69 Å². The second kappa shape index (κ2) is 9.28. The summed E-state index contributed by atoms with van der Waals surface area (Å²) in [6, 6.07) is 13.9. The van der Waals surface area contributed by atoms with Crippen LogP contribution in [0.1, 0.15) is 25.0 Å². The lowest BCUT2D eigenvalue weighted by molar-refractivity contribution is -0.122. The fourth-order valence-corrected chi connectivity index (χ4v) is 2.58. The largest absolute Gasteiger partial charge is 0.355 e. The topological polar surface area (TPSA) is 32.3 Å². The highest BCUT2D eigenvalue weighted by Crippen LogP contribution is 2.12. The van der Waals surface area contributed by atoms with Crippen LogP contribution >= 0.6 is 0 Å². The molecule has 0 aromatic heterocycles. The predicted molar refractivity (Wildman–Crippen MR) is 95.1 cm³/mol. The molecule has 1 amide bonds. The molecule has 5 heteroatoms. The maximum absolute atomic E-state index is 13.6. The Bertz CT molecular complexity index is 669. The highest BCUT2D eigenvalue weighted by Gasteiger charge is 2.15. The van der Waals surface area contributed by atoms with E-state index in [0.29, 0.717) is 6.54 Å². The summed E-state index contributed by atoms with van der Waals surface area (Å²) in [6.45, 7) is 5.18. The van der Waals surface area contributed by atoms with Crippen molar-refractivity contribution < 1.29 is 13.6 Å². The highest BCUT2D eigenvalue weighted by atomic mass is 19.1. The van der Waals surface area contributed by atoms with Gasteiger partial charge in [0.15, 0.2) is 0 Å². The monoisotopic (exact) mass is 346 g/mol. The second-order valence-corrected chi connectivity index (χ2v) is 6.28. The molecule has 0 aliphatic heterocycles. The number of nitrogens with one attached hydrogen (secondary N) is 1. The van der Waals surface area contributed by atoms with Gasteiger partial charge in [0.1, 0.15) is 11.6 Å². The Morgan fingerprint density at radius 1 is 1.04 bits per heavy atom. The third kappa shape index (κ3) is 5.94. The minimum atomic E-state index is -0.581. The summed E-state index contributed by atoms with van der Waals surface area (Å²) in [5.41, 5.74) is 1.14. The van der Waals surface area contributed by atoms with Crippen molar-refractivity contribution in [3.63, 3.8) is 0 Å². The molecule has 3 nitrogen and oxygen atoms in total. The number of halogens is 2. The lowest BCUT2D eigenvalue weighted by atomic mass is 10.1. The summed E-state index contributed by atoms with van der Waals surface area (Å²) in [6.07, 6.45) is 0.130. The van der Waals surface area contributed by atoms with E-state index in [1.165, 1.54) is 18.2 Å². The predicted octanol–water partition coefficient (Wildman–Crippen LogP) is 3.53. The number of benzene rings is 2. The standard InChI is InChI=1S/C20H24F2N2O/c1-15(2)24(13-16-7-4-3-5-8-16)14-20(25)23-12-11-17-18(21)9-6-10-19(17)22/h3-10,15H,11-14H2,1-2H3,(H,23,25). The van der Waals surface area contributed by atoms with Crippen molar-refractivity contribution in [3.05, 3.63) is 71.3 Å². The highest BCUT2D eigenvalue weighted by molar-refractivity contribution is 5.78. The zero-order valence-electron chi connectivity index (χ0n) is 14.6. The van der Waals surface area contributed by atoms with E-state index in [4.69, 9.17) is 0 Å². The van der Waals surface area contributed by atoms with Gasteiger partial charge < -0.3 is 5.32 Å². The average Bonchev–Trinajstić information content (AvgIpc) is 2.58. The van der Waals surface area contributed by atoms with Crippen molar-refractivity contribution in [1.29, 1.82) is 0 Å². The Hall–Kier alpha value is -2.27. The van der Waals surface area contributed by atoms with E-state index >= 15 is 0 Å². The van der Waals surface area contributed by atoms with Gasteiger partial charge in [-0.1, -0.05) is 36.4 Å². The van der Waals surface area contributed by atoms with Crippen LogP contribution in [0.25, 0.3) is 0 Å². The molecular formula is C20H24F2N2O. The molecule has 0 unspecified atom stereocenters. The van der Waals surface area contributed by atoms with Crippen LogP contribution in [0.4, 0.5) is 8.78 Å². The Labute approximate surface area is 147 Å². The molecule has 25 heavy (non-hydrogen) atoms. The van der Waals surface area contributed by atoms with Crippen molar-refractivity contribution in [2.24, 2.45) is 0 Å². The maximum Gasteiger partial charge on any atom is 0.234 e. The van der Waals surface area contributed by atoms with Crippen LogP contribution < -0.4 is 5.32 Å². The Morgan fingerprint density at radius 3 is 2.28 bits per heavy atom.